The van der Waals surface area contributed by atoms with E-state index in [-0.39, 0.29) is 24.9 Å². The van der Waals surface area contributed by atoms with Crippen molar-refractivity contribution in [3.63, 3.8) is 0 Å². The zero-order valence-electron chi connectivity index (χ0n) is 13.3. The van der Waals surface area contributed by atoms with Crippen LogP contribution in [0.25, 0.3) is 11.0 Å². The highest BCUT2D eigenvalue weighted by Gasteiger charge is 2.31. The molecule has 24 heavy (non-hydrogen) atoms. The number of fused-ring (bicyclic) bond motifs is 1. The SMILES string of the molecule is CS(=O)(=O)NCCC(=O)N1CCCC1c1nc2ccc(Cl)cc2[nH]1. The number of hydrogen-bond acceptors (Lipinski definition) is 4. The maximum atomic E-state index is 12.4. The number of aromatic amines is 1. The number of hydrogen-bond donors (Lipinski definition) is 2. The van der Waals surface area contributed by atoms with E-state index in [9.17, 15) is 13.2 Å². The molecular formula is C15H19ClN4O3S. The average molecular weight is 371 g/mol. The van der Waals surface area contributed by atoms with Gasteiger partial charge in [0.05, 0.1) is 23.3 Å². The average Bonchev–Trinajstić information content (AvgIpc) is 3.11. The fourth-order valence-corrected chi connectivity index (χ4v) is 3.64. The van der Waals surface area contributed by atoms with Gasteiger partial charge in [-0.2, -0.15) is 0 Å². The van der Waals surface area contributed by atoms with E-state index in [0.717, 1.165) is 36.0 Å². The van der Waals surface area contributed by atoms with E-state index in [2.05, 4.69) is 14.7 Å². The number of carbonyl (C=O) groups excluding carboxylic acids is 1. The zero-order valence-corrected chi connectivity index (χ0v) is 14.8. The summed E-state index contributed by atoms with van der Waals surface area (Å²) in [6, 6.07) is 5.32. The Balaban J connectivity index is 1.73. The summed E-state index contributed by atoms with van der Waals surface area (Å²) in [5.41, 5.74) is 1.66. The molecule has 1 amide bonds. The lowest BCUT2D eigenvalue weighted by Crippen LogP contribution is -2.34. The first-order valence-electron chi connectivity index (χ1n) is 7.73. The Morgan fingerprint density at radius 3 is 3.04 bits per heavy atom. The molecule has 1 aromatic heterocycles. The fourth-order valence-electron chi connectivity index (χ4n) is 3.00. The van der Waals surface area contributed by atoms with E-state index in [0.29, 0.717) is 11.6 Å². The van der Waals surface area contributed by atoms with Crippen molar-refractivity contribution in [2.75, 3.05) is 19.3 Å². The number of sulfonamides is 1. The van der Waals surface area contributed by atoms with Gasteiger partial charge in [-0.1, -0.05) is 11.6 Å². The lowest BCUT2D eigenvalue weighted by molar-refractivity contribution is -0.132. The molecule has 2 N–H and O–H groups in total. The molecule has 0 radical (unpaired) electrons. The van der Waals surface area contributed by atoms with Crippen molar-refractivity contribution in [3.05, 3.63) is 29.0 Å². The molecular weight excluding hydrogens is 352 g/mol. The molecule has 1 atom stereocenters. The summed E-state index contributed by atoms with van der Waals surface area (Å²) in [6.45, 7) is 0.761. The molecule has 1 saturated heterocycles. The first-order valence-corrected chi connectivity index (χ1v) is 10.00. The normalized spacial score (nSPS) is 18.4. The van der Waals surface area contributed by atoms with Crippen LogP contribution in [0.1, 0.15) is 31.1 Å². The van der Waals surface area contributed by atoms with Gasteiger partial charge in [0, 0.05) is 24.5 Å². The minimum absolute atomic E-state index is 0.0767. The number of aromatic nitrogens is 2. The standard InChI is InChI=1S/C15H19ClN4O3S/c1-24(22,23)17-7-6-14(21)20-8-2-3-13(20)15-18-11-5-4-10(16)9-12(11)19-15/h4-5,9,13,17H,2-3,6-8H2,1H3,(H,18,19). The number of imidazole rings is 1. The number of benzene rings is 1. The van der Waals surface area contributed by atoms with Crippen LogP contribution in [0, 0.1) is 0 Å². The fraction of sp³-hybridized carbons (Fsp3) is 0.467. The van der Waals surface area contributed by atoms with E-state index in [1.165, 1.54) is 0 Å². The second-order valence-corrected chi connectivity index (χ2v) is 8.21. The molecule has 1 aromatic carbocycles. The van der Waals surface area contributed by atoms with Crippen molar-refractivity contribution in [1.29, 1.82) is 0 Å². The molecule has 0 bridgehead atoms. The van der Waals surface area contributed by atoms with Gasteiger partial charge < -0.3 is 9.88 Å². The van der Waals surface area contributed by atoms with Crippen molar-refractivity contribution in [2.45, 2.75) is 25.3 Å². The largest absolute Gasteiger partial charge is 0.340 e. The van der Waals surface area contributed by atoms with Gasteiger partial charge in [-0.15, -0.1) is 0 Å². The summed E-state index contributed by atoms with van der Waals surface area (Å²) in [6.07, 6.45) is 2.94. The third-order valence-electron chi connectivity index (χ3n) is 4.05. The Bertz CT molecular complexity index is 865. The van der Waals surface area contributed by atoms with Crippen LogP contribution in [0.15, 0.2) is 18.2 Å². The van der Waals surface area contributed by atoms with E-state index >= 15 is 0 Å². The minimum atomic E-state index is -3.28. The van der Waals surface area contributed by atoms with Crippen molar-refractivity contribution in [2.24, 2.45) is 0 Å². The van der Waals surface area contributed by atoms with Gasteiger partial charge in [0.2, 0.25) is 15.9 Å². The highest BCUT2D eigenvalue weighted by Crippen LogP contribution is 2.32. The van der Waals surface area contributed by atoms with Gasteiger partial charge in [-0.3, -0.25) is 4.79 Å². The summed E-state index contributed by atoms with van der Waals surface area (Å²) in [7, 11) is -3.28. The number of carbonyl (C=O) groups is 1. The lowest BCUT2D eigenvalue weighted by Gasteiger charge is -2.23. The van der Waals surface area contributed by atoms with Gasteiger partial charge in [0.1, 0.15) is 5.82 Å². The van der Waals surface area contributed by atoms with E-state index in [1.54, 1.807) is 11.0 Å². The molecule has 130 valence electrons. The molecule has 3 rings (SSSR count). The molecule has 0 spiro atoms. The second kappa shape index (κ2) is 6.70. The smallest absolute Gasteiger partial charge is 0.224 e. The first-order chi connectivity index (χ1) is 11.3. The monoisotopic (exact) mass is 370 g/mol. The Kier molecular flexibility index (Phi) is 4.80. The lowest BCUT2D eigenvalue weighted by atomic mass is 10.2. The minimum Gasteiger partial charge on any atom is -0.340 e. The van der Waals surface area contributed by atoms with Crippen molar-refractivity contribution >= 4 is 38.6 Å². The molecule has 9 heteroatoms. The molecule has 1 aliphatic heterocycles. The summed E-state index contributed by atoms with van der Waals surface area (Å²) >= 11 is 5.99. The van der Waals surface area contributed by atoms with Gasteiger partial charge in [0.25, 0.3) is 0 Å². The summed E-state index contributed by atoms with van der Waals surface area (Å²) in [5, 5.41) is 0.629. The summed E-state index contributed by atoms with van der Waals surface area (Å²) in [4.78, 5) is 22.0. The maximum Gasteiger partial charge on any atom is 0.224 e. The summed E-state index contributed by atoms with van der Waals surface area (Å²) < 4.78 is 24.5. The number of H-pyrrole nitrogens is 1. The topological polar surface area (TPSA) is 95.2 Å². The van der Waals surface area contributed by atoms with Crippen molar-refractivity contribution < 1.29 is 13.2 Å². The quantitative estimate of drug-likeness (QED) is 0.839. The van der Waals surface area contributed by atoms with E-state index in [1.807, 2.05) is 12.1 Å². The van der Waals surface area contributed by atoms with Crippen LogP contribution in [0.4, 0.5) is 0 Å². The van der Waals surface area contributed by atoms with Crippen molar-refractivity contribution in [3.8, 4) is 0 Å². The number of halogens is 1. The third-order valence-corrected chi connectivity index (χ3v) is 5.02. The maximum absolute atomic E-state index is 12.4. The Morgan fingerprint density at radius 2 is 2.29 bits per heavy atom. The number of likely N-dealkylation sites (tertiary alicyclic amines) is 1. The van der Waals surface area contributed by atoms with Gasteiger partial charge in [-0.05, 0) is 31.0 Å². The molecule has 1 unspecified atom stereocenters. The number of amides is 1. The molecule has 1 aliphatic rings. The predicted molar refractivity (Wildman–Crippen MR) is 92.3 cm³/mol. The predicted octanol–water partition coefficient (Wildman–Crippen LogP) is 1.82. The number of nitrogens with zero attached hydrogens (tertiary/aromatic N) is 2. The molecule has 0 aliphatic carbocycles. The molecule has 0 saturated carbocycles. The molecule has 2 heterocycles. The van der Waals surface area contributed by atoms with E-state index in [4.69, 9.17) is 11.6 Å². The molecule has 2 aromatic rings. The highest BCUT2D eigenvalue weighted by atomic mass is 35.5. The number of rotatable bonds is 5. The Hall–Kier alpha value is -1.64. The number of nitrogens with one attached hydrogen (secondary N) is 2. The van der Waals surface area contributed by atoms with Crippen LogP contribution in [-0.4, -0.2) is 48.5 Å². The van der Waals surface area contributed by atoms with Gasteiger partial charge in [-0.25, -0.2) is 18.1 Å². The van der Waals surface area contributed by atoms with E-state index < -0.39 is 10.0 Å². The van der Waals surface area contributed by atoms with Crippen LogP contribution >= 0.6 is 11.6 Å². The second-order valence-electron chi connectivity index (χ2n) is 5.95. The first kappa shape index (κ1) is 17.2. The Labute approximate surface area is 145 Å². The van der Waals surface area contributed by atoms with Crippen LogP contribution in [0.5, 0.6) is 0 Å². The van der Waals surface area contributed by atoms with Crippen LogP contribution in [0.2, 0.25) is 5.02 Å². The van der Waals surface area contributed by atoms with Crippen LogP contribution in [0.3, 0.4) is 0 Å². The highest BCUT2D eigenvalue weighted by molar-refractivity contribution is 7.88. The van der Waals surface area contributed by atoms with Crippen molar-refractivity contribution in [1.82, 2.24) is 19.6 Å². The Morgan fingerprint density at radius 1 is 1.50 bits per heavy atom. The van der Waals surface area contributed by atoms with Crippen LogP contribution in [-0.2, 0) is 14.8 Å². The molecule has 1 fully saturated rings. The van der Waals surface area contributed by atoms with Crippen LogP contribution < -0.4 is 4.72 Å². The zero-order chi connectivity index (χ0) is 17.3. The summed E-state index contributed by atoms with van der Waals surface area (Å²) in [5.74, 6) is 0.668. The van der Waals surface area contributed by atoms with Gasteiger partial charge in [0.15, 0.2) is 0 Å². The third kappa shape index (κ3) is 3.88. The molecule has 7 nitrogen and oxygen atoms in total. The van der Waals surface area contributed by atoms with Gasteiger partial charge >= 0.3 is 0 Å².